The quantitative estimate of drug-likeness (QED) is 0.941. The number of thiophene rings is 1. The molecular weight excluding hydrogens is 310 g/mol. The molecule has 2 aromatic heterocycles. The predicted molar refractivity (Wildman–Crippen MR) is 82.6 cm³/mol. The van der Waals surface area contributed by atoms with Crippen LogP contribution in [0.5, 0.6) is 0 Å². The van der Waals surface area contributed by atoms with Gasteiger partial charge in [-0.05, 0) is 31.4 Å². The highest BCUT2D eigenvalue weighted by molar-refractivity contribution is 7.19. The Kier molecular flexibility index (Phi) is 4.28. The van der Waals surface area contributed by atoms with E-state index in [1.54, 1.807) is 12.1 Å². The zero-order valence-electron chi connectivity index (χ0n) is 11.4. The van der Waals surface area contributed by atoms with E-state index in [9.17, 15) is 4.79 Å². The van der Waals surface area contributed by atoms with Crippen molar-refractivity contribution in [2.75, 3.05) is 13.1 Å². The molecule has 1 aliphatic rings. The minimum absolute atomic E-state index is 0.0996. The van der Waals surface area contributed by atoms with Crippen molar-refractivity contribution >= 4 is 28.8 Å². The lowest BCUT2D eigenvalue weighted by molar-refractivity contribution is 0.0613. The van der Waals surface area contributed by atoms with Gasteiger partial charge in [-0.25, -0.2) is 0 Å². The number of likely N-dealkylation sites (tertiary alicyclic amines) is 1. The molecule has 1 aliphatic heterocycles. The number of halogens is 1. The van der Waals surface area contributed by atoms with Gasteiger partial charge in [-0.2, -0.15) is 0 Å². The summed E-state index contributed by atoms with van der Waals surface area (Å²) in [5.41, 5.74) is 6.09. The zero-order valence-corrected chi connectivity index (χ0v) is 13.0. The molecule has 112 valence electrons. The van der Waals surface area contributed by atoms with Gasteiger partial charge in [-0.3, -0.25) is 4.79 Å². The molecule has 3 heterocycles. The number of hydrogen-bond donors (Lipinski definition) is 1. The fraction of sp³-hybridized carbons (Fsp3) is 0.429. The summed E-state index contributed by atoms with van der Waals surface area (Å²) < 4.78 is 5.94. The van der Waals surface area contributed by atoms with Gasteiger partial charge in [0.1, 0.15) is 0 Å². The van der Waals surface area contributed by atoms with E-state index in [0.29, 0.717) is 22.3 Å². The van der Waals surface area contributed by atoms with Gasteiger partial charge < -0.3 is 15.2 Å². The first-order valence-corrected chi connectivity index (χ1v) is 8.12. The van der Waals surface area contributed by atoms with Gasteiger partial charge >= 0.3 is 0 Å². The van der Waals surface area contributed by atoms with Crippen molar-refractivity contribution < 1.29 is 9.32 Å². The summed E-state index contributed by atoms with van der Waals surface area (Å²) in [5.74, 6) is 0.458. The maximum atomic E-state index is 12.5. The molecule has 1 amide bonds. The average molecular weight is 326 g/mol. The molecular formula is C14H16ClN3O2S. The van der Waals surface area contributed by atoms with Crippen LogP contribution in [0.25, 0.3) is 10.6 Å². The molecule has 1 fully saturated rings. The lowest BCUT2D eigenvalue weighted by Gasteiger charge is -2.34. The molecule has 0 bridgehead atoms. The number of carbonyl (C=O) groups is 1. The molecule has 1 unspecified atom stereocenters. The summed E-state index contributed by atoms with van der Waals surface area (Å²) in [6.45, 7) is 1.21. The topological polar surface area (TPSA) is 72.4 Å². The van der Waals surface area contributed by atoms with Gasteiger partial charge in [0, 0.05) is 25.2 Å². The molecule has 0 radical (unpaired) electrons. The largest absolute Gasteiger partial charge is 0.355 e. The summed E-state index contributed by atoms with van der Waals surface area (Å²) >= 11 is 7.30. The van der Waals surface area contributed by atoms with Crippen LogP contribution in [0.2, 0.25) is 4.34 Å². The second-order valence-electron chi connectivity index (χ2n) is 5.06. The first-order chi connectivity index (χ1) is 10.2. The Morgan fingerprint density at radius 3 is 3.10 bits per heavy atom. The minimum atomic E-state index is -0.109. The second kappa shape index (κ2) is 6.17. The number of hydrogen-bond acceptors (Lipinski definition) is 5. The Labute approximate surface area is 131 Å². The molecule has 1 saturated heterocycles. The van der Waals surface area contributed by atoms with Crippen LogP contribution in [0.15, 0.2) is 22.7 Å². The van der Waals surface area contributed by atoms with Crippen LogP contribution >= 0.6 is 22.9 Å². The molecule has 1 atom stereocenters. The third-order valence-corrected chi connectivity index (χ3v) is 4.95. The van der Waals surface area contributed by atoms with Crippen LogP contribution in [0.4, 0.5) is 0 Å². The average Bonchev–Trinajstić information content (AvgIpc) is 3.15. The molecule has 0 aromatic carbocycles. The summed E-state index contributed by atoms with van der Waals surface area (Å²) in [4.78, 5) is 15.2. The van der Waals surface area contributed by atoms with Crippen molar-refractivity contribution in [2.45, 2.75) is 25.3 Å². The number of amides is 1. The molecule has 0 saturated carbocycles. The normalized spacial score (nSPS) is 19.0. The first kappa shape index (κ1) is 14.6. The van der Waals surface area contributed by atoms with E-state index >= 15 is 0 Å². The predicted octanol–water partition coefficient (Wildman–Crippen LogP) is 3.01. The lowest BCUT2D eigenvalue weighted by atomic mass is 10.0. The van der Waals surface area contributed by atoms with Crippen LogP contribution in [0.3, 0.4) is 0 Å². The maximum absolute atomic E-state index is 12.5. The molecule has 3 rings (SSSR count). The Bertz CT molecular complexity index is 640. The minimum Gasteiger partial charge on any atom is -0.355 e. The van der Waals surface area contributed by atoms with Crippen LogP contribution in [-0.2, 0) is 0 Å². The van der Waals surface area contributed by atoms with Crippen molar-refractivity contribution in [1.29, 1.82) is 0 Å². The van der Waals surface area contributed by atoms with Crippen LogP contribution in [0, 0.1) is 0 Å². The van der Waals surface area contributed by atoms with E-state index in [4.69, 9.17) is 21.9 Å². The highest BCUT2D eigenvalue weighted by Gasteiger charge is 2.28. The molecule has 2 N–H and O–H groups in total. The van der Waals surface area contributed by atoms with Crippen molar-refractivity contribution in [2.24, 2.45) is 5.73 Å². The Morgan fingerprint density at radius 1 is 1.52 bits per heavy atom. The summed E-state index contributed by atoms with van der Waals surface area (Å²) in [7, 11) is 0. The van der Waals surface area contributed by atoms with Gasteiger partial charge in [0.2, 0.25) is 0 Å². The summed E-state index contributed by atoms with van der Waals surface area (Å²) in [6.07, 6.45) is 3.07. The van der Waals surface area contributed by atoms with Crippen molar-refractivity contribution in [3.05, 3.63) is 28.2 Å². The van der Waals surface area contributed by atoms with Gasteiger partial charge in [0.25, 0.3) is 5.91 Å². The third-order valence-electron chi connectivity index (χ3n) is 3.71. The zero-order chi connectivity index (χ0) is 14.8. The molecule has 5 nitrogen and oxygen atoms in total. The van der Waals surface area contributed by atoms with Crippen molar-refractivity contribution in [1.82, 2.24) is 10.1 Å². The fourth-order valence-corrected chi connectivity index (χ4v) is 3.59. The Balaban J connectivity index is 1.80. The number of piperidine rings is 1. The van der Waals surface area contributed by atoms with Crippen LogP contribution in [-0.4, -0.2) is 35.1 Å². The second-order valence-corrected chi connectivity index (χ2v) is 6.78. The standard InChI is InChI=1S/C14H16ClN3O2S/c15-13-5-4-12(21-13)11-7-10(17-20-11)14(19)18-6-2-1-3-9(18)8-16/h4-5,7,9H,1-3,6,8,16H2. The highest BCUT2D eigenvalue weighted by Crippen LogP contribution is 2.31. The van der Waals surface area contributed by atoms with Crippen LogP contribution in [0.1, 0.15) is 29.8 Å². The molecule has 0 aliphatic carbocycles. The Morgan fingerprint density at radius 2 is 2.38 bits per heavy atom. The number of nitrogens with zero attached hydrogens (tertiary/aromatic N) is 2. The smallest absolute Gasteiger partial charge is 0.276 e. The van der Waals surface area contributed by atoms with Crippen molar-refractivity contribution in [3.63, 3.8) is 0 Å². The lowest BCUT2D eigenvalue weighted by Crippen LogP contribution is -2.47. The highest BCUT2D eigenvalue weighted by atomic mass is 35.5. The monoisotopic (exact) mass is 325 g/mol. The number of nitrogens with two attached hydrogens (primary N) is 1. The van der Waals surface area contributed by atoms with E-state index in [-0.39, 0.29) is 11.9 Å². The number of carbonyl (C=O) groups excluding carboxylic acids is 1. The van der Waals surface area contributed by atoms with Crippen molar-refractivity contribution in [3.8, 4) is 10.6 Å². The molecule has 7 heteroatoms. The van der Waals surface area contributed by atoms with E-state index < -0.39 is 0 Å². The maximum Gasteiger partial charge on any atom is 0.276 e. The van der Waals surface area contributed by atoms with E-state index in [2.05, 4.69) is 5.16 Å². The fourth-order valence-electron chi connectivity index (χ4n) is 2.60. The summed E-state index contributed by atoms with van der Waals surface area (Å²) in [6, 6.07) is 5.42. The molecule has 0 spiro atoms. The van der Waals surface area contributed by atoms with E-state index in [1.807, 2.05) is 11.0 Å². The first-order valence-electron chi connectivity index (χ1n) is 6.92. The SMILES string of the molecule is NCC1CCCCN1C(=O)c1cc(-c2ccc(Cl)s2)on1. The van der Waals surface area contributed by atoms with Gasteiger partial charge in [-0.15, -0.1) is 11.3 Å². The van der Waals surface area contributed by atoms with Gasteiger partial charge in [0.15, 0.2) is 11.5 Å². The van der Waals surface area contributed by atoms with Gasteiger partial charge in [0.05, 0.1) is 9.21 Å². The summed E-state index contributed by atoms with van der Waals surface area (Å²) in [5, 5.41) is 3.90. The van der Waals surface area contributed by atoms with E-state index in [0.717, 1.165) is 30.7 Å². The van der Waals surface area contributed by atoms with Gasteiger partial charge in [-0.1, -0.05) is 16.8 Å². The third kappa shape index (κ3) is 2.97. The number of rotatable bonds is 3. The van der Waals surface area contributed by atoms with E-state index in [1.165, 1.54) is 11.3 Å². The number of aromatic nitrogens is 1. The Hall–Kier alpha value is -1.37. The molecule has 2 aromatic rings. The molecule has 21 heavy (non-hydrogen) atoms. The van der Waals surface area contributed by atoms with Crippen LogP contribution < -0.4 is 5.73 Å².